The van der Waals surface area contributed by atoms with Crippen molar-refractivity contribution < 1.29 is 19.4 Å². The highest BCUT2D eigenvalue weighted by molar-refractivity contribution is 9.10. The second-order valence-corrected chi connectivity index (χ2v) is 9.37. The normalized spacial score (nSPS) is 17.6. The zero-order valence-corrected chi connectivity index (χ0v) is 19.9. The average molecular weight is 520 g/mol. The Kier molecular flexibility index (Phi) is 5.52. The molecule has 1 unspecified atom stereocenters. The van der Waals surface area contributed by atoms with Crippen LogP contribution in [0.1, 0.15) is 16.5 Å². The fourth-order valence-corrected chi connectivity index (χ4v) is 5.55. The van der Waals surface area contributed by atoms with E-state index in [-0.39, 0.29) is 11.3 Å². The van der Waals surface area contributed by atoms with Crippen molar-refractivity contribution in [1.82, 2.24) is 0 Å². The number of aliphatic hydroxyl groups excluding tert-OH is 1. The third-order valence-electron chi connectivity index (χ3n) is 5.71. The van der Waals surface area contributed by atoms with Crippen LogP contribution in [-0.4, -0.2) is 23.9 Å². The molecule has 5 rings (SSSR count). The number of halogens is 1. The molecule has 7 heteroatoms. The Labute approximate surface area is 202 Å². The number of methoxy groups -OCH3 is 1. The number of Topliss-reactive ketones (excluding diaryl/α,β-unsaturated/α-hetero) is 1. The lowest BCUT2D eigenvalue weighted by Gasteiger charge is -2.25. The van der Waals surface area contributed by atoms with E-state index in [1.54, 1.807) is 25.3 Å². The zero-order chi connectivity index (χ0) is 23.1. The van der Waals surface area contributed by atoms with Gasteiger partial charge in [-0.05, 0) is 57.0 Å². The van der Waals surface area contributed by atoms with Crippen molar-refractivity contribution in [3.63, 3.8) is 0 Å². The number of benzene rings is 3. The molecule has 0 saturated carbocycles. The Balaban J connectivity index is 1.74. The number of fused-ring (bicyclic) bond motifs is 1. The molecule has 1 aliphatic heterocycles. The number of aliphatic hydroxyl groups is 1. The highest BCUT2D eigenvalue weighted by atomic mass is 79.9. The van der Waals surface area contributed by atoms with Crippen molar-refractivity contribution in [2.45, 2.75) is 6.04 Å². The number of carbonyl (C=O) groups is 2. The smallest absolute Gasteiger partial charge is 0.300 e. The molecule has 1 N–H and O–H groups in total. The van der Waals surface area contributed by atoms with Gasteiger partial charge >= 0.3 is 0 Å². The molecular formula is C26H18BrNO4S. The maximum Gasteiger partial charge on any atom is 0.300 e. The van der Waals surface area contributed by atoms with Crippen LogP contribution in [0.4, 0.5) is 5.69 Å². The second-order valence-electron chi connectivity index (χ2n) is 7.53. The number of rotatable bonds is 4. The summed E-state index contributed by atoms with van der Waals surface area (Å²) in [5, 5.41) is 15.0. The van der Waals surface area contributed by atoms with Crippen molar-refractivity contribution in [2.24, 2.45) is 0 Å². The lowest BCUT2D eigenvalue weighted by molar-refractivity contribution is -0.132. The predicted octanol–water partition coefficient (Wildman–Crippen LogP) is 6.30. The van der Waals surface area contributed by atoms with Crippen LogP contribution >= 0.6 is 27.3 Å². The maximum atomic E-state index is 13.4. The van der Waals surface area contributed by atoms with E-state index < -0.39 is 17.7 Å². The van der Waals surface area contributed by atoms with E-state index in [0.29, 0.717) is 21.5 Å². The maximum absolute atomic E-state index is 13.4. The Hall–Kier alpha value is -3.42. The van der Waals surface area contributed by atoms with Gasteiger partial charge in [0.2, 0.25) is 0 Å². The molecular weight excluding hydrogens is 502 g/mol. The van der Waals surface area contributed by atoms with Gasteiger partial charge in [0, 0.05) is 15.8 Å². The van der Waals surface area contributed by atoms with Crippen molar-refractivity contribution in [1.29, 1.82) is 0 Å². The van der Waals surface area contributed by atoms with Crippen LogP contribution in [0, 0.1) is 0 Å². The minimum absolute atomic E-state index is 0.0625. The molecule has 0 bridgehead atoms. The molecule has 5 nitrogen and oxygen atoms in total. The van der Waals surface area contributed by atoms with Crippen LogP contribution in [0.15, 0.2) is 88.2 Å². The summed E-state index contributed by atoms with van der Waals surface area (Å²) in [6.07, 6.45) is 0. The number of amides is 1. The third-order valence-corrected chi connectivity index (χ3v) is 7.25. The molecule has 164 valence electrons. The summed E-state index contributed by atoms with van der Waals surface area (Å²) in [6, 6.07) is 21.4. The van der Waals surface area contributed by atoms with Gasteiger partial charge in [-0.2, -0.15) is 0 Å². The summed E-state index contributed by atoms with van der Waals surface area (Å²) in [7, 11) is 1.55. The first kappa shape index (κ1) is 21.4. The Bertz CT molecular complexity index is 1420. The first-order valence-electron chi connectivity index (χ1n) is 10.2. The number of hydrogen-bond acceptors (Lipinski definition) is 5. The molecule has 4 aromatic rings. The minimum atomic E-state index is -0.739. The molecule has 2 heterocycles. The fraction of sp³-hybridized carbons (Fsp3) is 0.0769. The Morgan fingerprint density at radius 1 is 1.03 bits per heavy atom. The summed E-state index contributed by atoms with van der Waals surface area (Å²) in [5.41, 5.74) is 1.11. The summed E-state index contributed by atoms with van der Waals surface area (Å²) >= 11 is 4.85. The van der Waals surface area contributed by atoms with E-state index in [1.165, 1.54) is 16.2 Å². The lowest BCUT2D eigenvalue weighted by atomic mass is 9.99. The van der Waals surface area contributed by atoms with E-state index in [2.05, 4.69) is 15.9 Å². The molecule has 1 saturated heterocycles. The van der Waals surface area contributed by atoms with Gasteiger partial charge in [-0.15, -0.1) is 11.3 Å². The average Bonchev–Trinajstić information content (AvgIpc) is 3.45. The van der Waals surface area contributed by atoms with Gasteiger partial charge in [0.15, 0.2) is 0 Å². The summed E-state index contributed by atoms with van der Waals surface area (Å²) in [5.74, 6) is -1.01. The van der Waals surface area contributed by atoms with E-state index in [0.717, 1.165) is 15.6 Å². The topological polar surface area (TPSA) is 66.8 Å². The van der Waals surface area contributed by atoms with Crippen molar-refractivity contribution >= 4 is 61.2 Å². The Morgan fingerprint density at radius 2 is 1.82 bits per heavy atom. The number of nitrogens with zero attached hydrogens (tertiary/aromatic N) is 1. The molecule has 1 atom stereocenters. The number of hydrogen-bond donors (Lipinski definition) is 1. The largest absolute Gasteiger partial charge is 0.507 e. The predicted molar refractivity (Wildman–Crippen MR) is 134 cm³/mol. The van der Waals surface area contributed by atoms with Crippen LogP contribution < -0.4 is 9.64 Å². The highest BCUT2D eigenvalue weighted by Crippen LogP contribution is 2.45. The molecule has 0 spiro atoms. The first-order valence-corrected chi connectivity index (χ1v) is 11.8. The van der Waals surface area contributed by atoms with Crippen molar-refractivity contribution in [3.05, 3.63) is 98.7 Å². The number of carbonyl (C=O) groups excluding carboxylic acids is 2. The fourth-order valence-electron chi connectivity index (χ4n) is 4.18. The number of anilines is 1. The quantitative estimate of drug-likeness (QED) is 0.195. The standard InChI is InChI=1S/C26H18BrNO4S/c1-32-20-12-11-16(14-18(20)27)24(29)22-23(21-10-5-13-33-21)28(26(31)25(22)30)19-9-4-7-15-6-2-3-8-17(15)19/h2-14,23,29H,1H3/b24-22-. The van der Waals surface area contributed by atoms with E-state index >= 15 is 0 Å². The lowest BCUT2D eigenvalue weighted by Crippen LogP contribution is -2.29. The van der Waals surface area contributed by atoms with E-state index in [4.69, 9.17) is 4.74 Å². The third kappa shape index (κ3) is 3.53. The monoisotopic (exact) mass is 519 g/mol. The van der Waals surface area contributed by atoms with Gasteiger partial charge in [-0.3, -0.25) is 14.5 Å². The summed E-state index contributed by atoms with van der Waals surface area (Å²) in [4.78, 5) is 29.0. The summed E-state index contributed by atoms with van der Waals surface area (Å²) in [6.45, 7) is 0. The van der Waals surface area contributed by atoms with Gasteiger partial charge in [-0.1, -0.05) is 42.5 Å². The van der Waals surface area contributed by atoms with E-state index in [1.807, 2.05) is 60.0 Å². The van der Waals surface area contributed by atoms with Crippen LogP contribution in [0.5, 0.6) is 5.75 Å². The summed E-state index contributed by atoms with van der Waals surface area (Å²) < 4.78 is 5.90. The Morgan fingerprint density at radius 3 is 2.55 bits per heavy atom. The first-order chi connectivity index (χ1) is 16.0. The number of ether oxygens (including phenoxy) is 1. The molecule has 1 aromatic heterocycles. The minimum Gasteiger partial charge on any atom is -0.507 e. The van der Waals surface area contributed by atoms with Crippen molar-refractivity contribution in [2.75, 3.05) is 12.0 Å². The van der Waals surface area contributed by atoms with Gasteiger partial charge in [0.05, 0.1) is 22.8 Å². The molecule has 1 fully saturated rings. The molecule has 0 radical (unpaired) electrons. The molecule has 1 aliphatic rings. The number of thiophene rings is 1. The zero-order valence-electron chi connectivity index (χ0n) is 17.5. The van der Waals surface area contributed by atoms with Crippen LogP contribution in [0.2, 0.25) is 0 Å². The molecule has 0 aliphatic carbocycles. The van der Waals surface area contributed by atoms with E-state index in [9.17, 15) is 14.7 Å². The van der Waals surface area contributed by atoms with Gasteiger partial charge in [0.25, 0.3) is 11.7 Å². The van der Waals surface area contributed by atoms with Crippen LogP contribution in [-0.2, 0) is 9.59 Å². The van der Waals surface area contributed by atoms with Gasteiger partial charge in [-0.25, -0.2) is 0 Å². The van der Waals surface area contributed by atoms with Gasteiger partial charge < -0.3 is 9.84 Å². The molecule has 33 heavy (non-hydrogen) atoms. The molecule has 3 aromatic carbocycles. The van der Waals surface area contributed by atoms with Crippen LogP contribution in [0.25, 0.3) is 16.5 Å². The highest BCUT2D eigenvalue weighted by Gasteiger charge is 2.47. The number of ketones is 1. The van der Waals surface area contributed by atoms with Gasteiger partial charge in [0.1, 0.15) is 17.6 Å². The van der Waals surface area contributed by atoms with Crippen molar-refractivity contribution in [3.8, 4) is 5.75 Å². The van der Waals surface area contributed by atoms with Crippen LogP contribution in [0.3, 0.4) is 0 Å². The second kappa shape index (κ2) is 8.50. The molecule has 1 amide bonds. The SMILES string of the molecule is COc1ccc(/C(O)=C2/C(=O)C(=O)N(c3cccc4ccccc34)C2c2cccs2)cc1Br.